The Hall–Kier alpha value is -4.67. The molecule has 2 fully saturated rings. The molecular formula is C39H47N5O6. The van der Waals surface area contributed by atoms with Crippen molar-refractivity contribution >= 4 is 45.9 Å². The van der Waals surface area contributed by atoms with Crippen LogP contribution in [-0.4, -0.2) is 66.7 Å². The van der Waals surface area contributed by atoms with Gasteiger partial charge in [0.05, 0.1) is 23.7 Å². The predicted octanol–water partition coefficient (Wildman–Crippen LogP) is 6.40. The summed E-state index contributed by atoms with van der Waals surface area (Å²) < 4.78 is 7.05. The molecule has 1 aliphatic carbocycles. The highest BCUT2D eigenvalue weighted by Gasteiger charge is 2.66. The van der Waals surface area contributed by atoms with Crippen molar-refractivity contribution in [2.45, 2.75) is 124 Å². The molecule has 0 radical (unpaired) electrons. The number of ether oxygens (including phenoxy) is 1. The second-order valence-corrected chi connectivity index (χ2v) is 15.3. The molecule has 2 aliphatic heterocycles. The Morgan fingerprint density at radius 1 is 1.06 bits per heavy atom. The highest BCUT2D eigenvalue weighted by atomic mass is 16.6. The summed E-state index contributed by atoms with van der Waals surface area (Å²) in [7, 11) is 0. The summed E-state index contributed by atoms with van der Waals surface area (Å²) in [4.78, 5) is 73.5. The highest BCUT2D eigenvalue weighted by molar-refractivity contribution is 6.07. The van der Waals surface area contributed by atoms with E-state index in [1.165, 1.54) is 6.92 Å². The minimum absolute atomic E-state index is 0.0645. The van der Waals surface area contributed by atoms with Crippen LogP contribution in [0.25, 0.3) is 10.9 Å². The van der Waals surface area contributed by atoms with Crippen LogP contribution in [0.2, 0.25) is 0 Å². The maximum Gasteiger partial charge on any atom is 0.412 e. The number of pyridine rings is 1. The molecule has 50 heavy (non-hydrogen) atoms. The van der Waals surface area contributed by atoms with E-state index in [9.17, 15) is 24.0 Å². The zero-order chi connectivity index (χ0) is 36.0. The molecule has 1 aromatic carbocycles. The van der Waals surface area contributed by atoms with Gasteiger partial charge in [-0.05, 0) is 108 Å². The molecule has 264 valence electrons. The number of piperidine rings is 1. The number of amides is 2. The van der Waals surface area contributed by atoms with E-state index in [4.69, 9.17) is 4.74 Å². The molecule has 3 aromatic rings. The van der Waals surface area contributed by atoms with Crippen LogP contribution >= 0.6 is 0 Å². The molecule has 1 saturated carbocycles. The van der Waals surface area contributed by atoms with Crippen LogP contribution in [-0.2, 0) is 38.5 Å². The number of carbonyl (C=O) groups excluding carboxylic acids is 5. The van der Waals surface area contributed by atoms with E-state index in [-0.39, 0.29) is 53.4 Å². The Bertz CT molecular complexity index is 1920. The Morgan fingerprint density at radius 2 is 1.84 bits per heavy atom. The lowest BCUT2D eigenvalue weighted by Gasteiger charge is -2.27. The fourth-order valence-electron chi connectivity index (χ4n) is 7.67. The average Bonchev–Trinajstić information content (AvgIpc) is 3.44. The maximum atomic E-state index is 14.4. The molecule has 4 heterocycles. The minimum atomic E-state index is -0.707. The third kappa shape index (κ3) is 7.41. The fraction of sp³-hybridized carbons (Fsp3) is 0.513. The second kappa shape index (κ2) is 13.6. The molecule has 1 N–H and O–H groups in total. The van der Waals surface area contributed by atoms with Gasteiger partial charge in [0, 0.05) is 42.6 Å². The van der Waals surface area contributed by atoms with Gasteiger partial charge in [-0.25, -0.2) is 4.79 Å². The number of rotatable bonds is 5. The molecule has 0 unspecified atom stereocenters. The van der Waals surface area contributed by atoms with Gasteiger partial charge < -0.3 is 9.64 Å². The predicted molar refractivity (Wildman–Crippen MR) is 189 cm³/mol. The molecule has 11 heteroatoms. The van der Waals surface area contributed by atoms with Gasteiger partial charge in [-0.3, -0.25) is 34.2 Å². The van der Waals surface area contributed by atoms with Gasteiger partial charge in [0.25, 0.3) is 0 Å². The van der Waals surface area contributed by atoms with Crippen molar-refractivity contribution in [3.05, 3.63) is 64.6 Å². The van der Waals surface area contributed by atoms with E-state index in [0.717, 1.165) is 36.1 Å². The first-order chi connectivity index (χ1) is 23.6. The standard InChI is InChI=1S/C39H47N5O6/c1-23-13-14-24(2)40-30(23)19-32(47)31-20-39-16-15-28(46)12-10-8-7-9-11-26-17-27(41-37(49)50-38(4,5)6)18-29-35(25(3)45)42-43(36(26)29)22-34(48)44(31)33(39)21-39/h7,9,13-14,17-18,31,33H,8,10-12,15-16,19-22H2,1-6H3,(H,41,49)/b9-7+/t31-,33+,39-/m0/s1. The number of nitrogens with one attached hydrogen (secondary N) is 1. The quantitative estimate of drug-likeness (QED) is 0.241. The van der Waals surface area contributed by atoms with Gasteiger partial charge in [-0.2, -0.15) is 5.10 Å². The van der Waals surface area contributed by atoms with Crippen LogP contribution in [0.4, 0.5) is 10.5 Å². The largest absolute Gasteiger partial charge is 0.444 e. The number of anilines is 1. The summed E-state index contributed by atoms with van der Waals surface area (Å²) in [5.41, 5.74) is 3.49. The number of allylic oxidation sites excluding steroid dienone is 2. The normalized spacial score (nSPS) is 23.3. The molecule has 3 aliphatic rings. The number of hydrogen-bond donors (Lipinski definition) is 1. The lowest BCUT2D eigenvalue weighted by Crippen LogP contribution is -2.45. The SMILES string of the molecule is CC(=O)c1nn2c3c(cc(NC(=O)OC(C)(C)C)cc13)C/C=C/CCCC(=O)CC[C@@]13C[C@@H](C(=O)Cc4nc(C)ccc4C)N(C(=O)C2)[C@@H]1C3. The zero-order valence-corrected chi connectivity index (χ0v) is 29.9. The topological polar surface area (TPSA) is 141 Å². The van der Waals surface area contributed by atoms with Gasteiger partial charge in [0.2, 0.25) is 5.91 Å². The first-order valence-corrected chi connectivity index (χ1v) is 17.6. The van der Waals surface area contributed by atoms with Gasteiger partial charge in [-0.1, -0.05) is 18.2 Å². The van der Waals surface area contributed by atoms with Gasteiger partial charge in [-0.15, -0.1) is 0 Å². The molecular weight excluding hydrogens is 634 g/mol. The van der Waals surface area contributed by atoms with Crippen LogP contribution in [0.1, 0.15) is 106 Å². The number of Topliss-reactive ketones (excluding diaryl/α,β-unsaturated/α-hetero) is 3. The van der Waals surface area contributed by atoms with Crippen molar-refractivity contribution in [3.8, 4) is 0 Å². The lowest BCUT2D eigenvalue weighted by atomic mass is 9.90. The number of hydrogen-bond acceptors (Lipinski definition) is 8. The van der Waals surface area contributed by atoms with Crippen molar-refractivity contribution in [2.24, 2.45) is 5.41 Å². The summed E-state index contributed by atoms with van der Waals surface area (Å²) in [6, 6.07) is 6.59. The third-order valence-electron chi connectivity index (χ3n) is 10.2. The maximum absolute atomic E-state index is 14.4. The Kier molecular flexibility index (Phi) is 9.54. The molecule has 2 bridgehead atoms. The summed E-state index contributed by atoms with van der Waals surface area (Å²) >= 11 is 0. The van der Waals surface area contributed by atoms with Crippen molar-refractivity contribution < 1.29 is 28.7 Å². The van der Waals surface area contributed by atoms with E-state index in [1.807, 2.05) is 44.2 Å². The molecule has 0 spiro atoms. The van der Waals surface area contributed by atoms with E-state index in [2.05, 4.69) is 15.4 Å². The summed E-state index contributed by atoms with van der Waals surface area (Å²) in [6.07, 6.45) is 8.24. The fourth-order valence-corrected chi connectivity index (χ4v) is 7.67. The number of aryl methyl sites for hydroxylation is 2. The smallest absolute Gasteiger partial charge is 0.412 e. The van der Waals surface area contributed by atoms with Crippen LogP contribution in [0.15, 0.2) is 36.4 Å². The van der Waals surface area contributed by atoms with E-state index in [0.29, 0.717) is 54.4 Å². The van der Waals surface area contributed by atoms with Crippen LogP contribution < -0.4 is 5.32 Å². The molecule has 6 rings (SSSR count). The van der Waals surface area contributed by atoms with Crippen LogP contribution in [0, 0.1) is 19.3 Å². The van der Waals surface area contributed by atoms with Crippen LogP contribution in [0.5, 0.6) is 0 Å². The van der Waals surface area contributed by atoms with Crippen molar-refractivity contribution in [3.63, 3.8) is 0 Å². The van der Waals surface area contributed by atoms with Gasteiger partial charge in [0.1, 0.15) is 23.6 Å². The number of nitrogens with zero attached hydrogens (tertiary/aromatic N) is 4. The average molecular weight is 682 g/mol. The summed E-state index contributed by atoms with van der Waals surface area (Å²) in [5.74, 6) is -0.394. The van der Waals surface area contributed by atoms with Crippen LogP contribution in [0.3, 0.4) is 0 Å². The Balaban J connectivity index is 1.39. The van der Waals surface area contributed by atoms with Gasteiger partial charge in [0.15, 0.2) is 11.6 Å². The first kappa shape index (κ1) is 35.2. The van der Waals surface area contributed by atoms with Crippen molar-refractivity contribution in [1.29, 1.82) is 0 Å². The lowest BCUT2D eigenvalue weighted by molar-refractivity contribution is -0.139. The zero-order valence-electron chi connectivity index (χ0n) is 29.9. The molecule has 1 saturated heterocycles. The number of benzene rings is 1. The molecule has 2 aromatic heterocycles. The van der Waals surface area contributed by atoms with Crippen molar-refractivity contribution in [2.75, 3.05) is 5.32 Å². The monoisotopic (exact) mass is 681 g/mol. The molecule has 3 atom stereocenters. The number of carbonyl (C=O) groups is 5. The Labute approximate surface area is 292 Å². The summed E-state index contributed by atoms with van der Waals surface area (Å²) in [5, 5.41) is 7.98. The second-order valence-electron chi connectivity index (χ2n) is 15.3. The minimum Gasteiger partial charge on any atom is -0.444 e. The van der Waals surface area contributed by atoms with Crippen molar-refractivity contribution in [1.82, 2.24) is 19.7 Å². The molecule has 11 nitrogen and oxygen atoms in total. The van der Waals surface area contributed by atoms with E-state index in [1.54, 1.807) is 36.4 Å². The van der Waals surface area contributed by atoms with E-state index < -0.39 is 17.7 Å². The number of ketones is 3. The van der Waals surface area contributed by atoms with Gasteiger partial charge >= 0.3 is 6.09 Å². The molecule has 2 amide bonds. The summed E-state index contributed by atoms with van der Waals surface area (Å²) in [6.45, 7) is 10.4. The first-order valence-electron chi connectivity index (χ1n) is 17.6. The Morgan fingerprint density at radius 3 is 2.58 bits per heavy atom. The number of aromatic nitrogens is 3. The van der Waals surface area contributed by atoms with E-state index >= 15 is 0 Å². The highest BCUT2D eigenvalue weighted by Crippen LogP contribution is 2.62. The third-order valence-corrected chi connectivity index (χ3v) is 10.2.